The number of nitrogens with zero attached hydrogens (tertiary/aromatic N) is 1. The van der Waals surface area contributed by atoms with Gasteiger partial charge in [0.25, 0.3) is 0 Å². The van der Waals surface area contributed by atoms with Crippen molar-refractivity contribution in [1.82, 2.24) is 5.32 Å². The minimum atomic E-state index is -0.828. The van der Waals surface area contributed by atoms with E-state index in [-0.39, 0.29) is 5.82 Å². The fraction of sp³-hybridized carbons (Fsp3) is 0.158. The van der Waals surface area contributed by atoms with Crippen molar-refractivity contribution in [2.75, 3.05) is 7.11 Å². The number of carbonyl (C=O) groups is 1. The molecule has 0 saturated carbocycles. The lowest BCUT2D eigenvalue weighted by atomic mass is 10.1. The molecule has 0 radical (unpaired) electrons. The van der Waals surface area contributed by atoms with Crippen molar-refractivity contribution in [2.24, 2.45) is 0 Å². The summed E-state index contributed by atoms with van der Waals surface area (Å²) in [5.74, 6) is -0.213. The zero-order valence-electron chi connectivity index (χ0n) is 13.4. The maximum atomic E-state index is 12.9. The Balaban J connectivity index is 2.16. The van der Waals surface area contributed by atoms with Gasteiger partial charge in [-0.3, -0.25) is 4.79 Å². The number of carbonyl (C=O) groups excluding carboxylic acids is 1. The summed E-state index contributed by atoms with van der Waals surface area (Å²) in [6.07, 6.45) is 1.38. The second-order valence-electron chi connectivity index (χ2n) is 5.15. The molecule has 1 N–H and O–H groups in total. The van der Waals surface area contributed by atoms with Crippen LogP contribution in [0.1, 0.15) is 24.1 Å². The number of halogens is 1. The van der Waals surface area contributed by atoms with Gasteiger partial charge in [0, 0.05) is 11.6 Å². The number of allylic oxidation sites excluding steroid dienone is 1. The molecule has 2 aromatic rings. The number of rotatable bonds is 5. The van der Waals surface area contributed by atoms with Gasteiger partial charge in [-0.1, -0.05) is 30.3 Å². The van der Waals surface area contributed by atoms with E-state index in [0.717, 1.165) is 5.56 Å². The van der Waals surface area contributed by atoms with Gasteiger partial charge >= 0.3 is 0 Å². The number of amides is 1. The molecule has 24 heavy (non-hydrogen) atoms. The van der Waals surface area contributed by atoms with Gasteiger partial charge in [0.2, 0.25) is 5.91 Å². The summed E-state index contributed by atoms with van der Waals surface area (Å²) in [7, 11) is 1.51. The summed E-state index contributed by atoms with van der Waals surface area (Å²) in [5.41, 5.74) is 1.99. The minimum absolute atomic E-state index is 0.336. The number of benzene rings is 2. The molecule has 0 saturated heterocycles. The lowest BCUT2D eigenvalue weighted by Crippen LogP contribution is -2.26. The van der Waals surface area contributed by atoms with Crippen molar-refractivity contribution in [2.45, 2.75) is 13.0 Å². The Hall–Kier alpha value is -3.13. The van der Waals surface area contributed by atoms with E-state index in [1.165, 1.54) is 25.3 Å². The van der Waals surface area contributed by atoms with Gasteiger partial charge in [0.05, 0.1) is 13.2 Å². The number of para-hydroxylation sites is 1. The Morgan fingerprint density at radius 1 is 1.25 bits per heavy atom. The highest BCUT2D eigenvalue weighted by molar-refractivity contribution is 5.95. The summed E-state index contributed by atoms with van der Waals surface area (Å²) in [6.45, 7) is 1.75. The first-order valence-electron chi connectivity index (χ1n) is 7.32. The molecule has 0 aromatic heterocycles. The van der Waals surface area contributed by atoms with E-state index in [0.29, 0.717) is 16.9 Å². The molecule has 0 aliphatic rings. The second-order valence-corrected chi connectivity index (χ2v) is 5.15. The molecular weight excluding hydrogens is 307 g/mol. The maximum absolute atomic E-state index is 12.9. The van der Waals surface area contributed by atoms with Crippen LogP contribution < -0.4 is 10.1 Å². The maximum Gasteiger partial charge on any atom is 0.245 e. The van der Waals surface area contributed by atoms with Crippen LogP contribution in [-0.2, 0) is 4.79 Å². The third-order valence-electron chi connectivity index (χ3n) is 3.51. The van der Waals surface area contributed by atoms with E-state index >= 15 is 0 Å². The van der Waals surface area contributed by atoms with Crippen LogP contribution >= 0.6 is 0 Å². The lowest BCUT2D eigenvalue weighted by Gasteiger charge is -2.14. The first-order valence-corrected chi connectivity index (χ1v) is 7.32. The lowest BCUT2D eigenvalue weighted by molar-refractivity contribution is -0.116. The Bertz CT molecular complexity index is 792. The average molecular weight is 324 g/mol. The van der Waals surface area contributed by atoms with Gasteiger partial charge in [-0.2, -0.15) is 5.26 Å². The Morgan fingerprint density at radius 3 is 2.54 bits per heavy atom. The van der Waals surface area contributed by atoms with Crippen molar-refractivity contribution < 1.29 is 13.9 Å². The van der Waals surface area contributed by atoms with Gasteiger partial charge in [-0.15, -0.1) is 0 Å². The van der Waals surface area contributed by atoms with Crippen LogP contribution in [-0.4, -0.2) is 13.0 Å². The fourth-order valence-electron chi connectivity index (χ4n) is 2.26. The summed E-state index contributed by atoms with van der Waals surface area (Å²) >= 11 is 0. The molecule has 122 valence electrons. The first kappa shape index (κ1) is 17.2. The van der Waals surface area contributed by atoms with Crippen molar-refractivity contribution in [3.8, 4) is 11.8 Å². The number of ether oxygens (including phenoxy) is 1. The van der Waals surface area contributed by atoms with Crippen LogP contribution in [0.25, 0.3) is 5.57 Å². The molecule has 0 heterocycles. The summed E-state index contributed by atoms with van der Waals surface area (Å²) in [6, 6.07) is 14.1. The van der Waals surface area contributed by atoms with E-state index in [4.69, 9.17) is 4.74 Å². The van der Waals surface area contributed by atoms with Gasteiger partial charge in [0.1, 0.15) is 17.6 Å². The molecule has 2 aromatic carbocycles. The molecule has 0 fully saturated rings. The molecule has 0 bridgehead atoms. The van der Waals surface area contributed by atoms with Gasteiger partial charge in [0.15, 0.2) is 0 Å². The highest BCUT2D eigenvalue weighted by Gasteiger charge is 2.16. The van der Waals surface area contributed by atoms with Crippen molar-refractivity contribution in [1.29, 1.82) is 5.26 Å². The van der Waals surface area contributed by atoms with E-state index in [1.54, 1.807) is 43.3 Å². The van der Waals surface area contributed by atoms with E-state index < -0.39 is 11.9 Å². The minimum Gasteiger partial charge on any atom is -0.496 e. The zero-order valence-corrected chi connectivity index (χ0v) is 13.4. The zero-order chi connectivity index (χ0) is 17.5. The highest BCUT2D eigenvalue weighted by Crippen LogP contribution is 2.24. The molecular formula is C19H17FN2O2. The normalized spacial score (nSPS) is 12.2. The van der Waals surface area contributed by atoms with Gasteiger partial charge in [-0.05, 0) is 36.3 Å². The third kappa shape index (κ3) is 4.20. The quantitative estimate of drug-likeness (QED) is 0.855. The molecule has 4 nitrogen and oxygen atoms in total. The molecule has 0 aliphatic carbocycles. The monoisotopic (exact) mass is 324 g/mol. The van der Waals surface area contributed by atoms with E-state index in [2.05, 4.69) is 11.4 Å². The standard InChI is InChI=1S/C19H17FN2O2/c1-13(14-7-9-15(20)10-8-14)11-19(23)22-17(12-21)16-5-3-4-6-18(16)24-2/h3-11,17H,1-2H3,(H,22,23). The van der Waals surface area contributed by atoms with E-state index in [9.17, 15) is 14.4 Å². The van der Waals surface area contributed by atoms with Crippen LogP contribution in [0.4, 0.5) is 4.39 Å². The van der Waals surface area contributed by atoms with Crippen LogP contribution in [0.3, 0.4) is 0 Å². The van der Waals surface area contributed by atoms with Crippen molar-refractivity contribution in [3.05, 3.63) is 71.6 Å². The predicted octanol–water partition coefficient (Wildman–Crippen LogP) is 3.62. The van der Waals surface area contributed by atoms with Crippen molar-refractivity contribution >= 4 is 11.5 Å². The van der Waals surface area contributed by atoms with Crippen LogP contribution in [0.5, 0.6) is 5.75 Å². The largest absolute Gasteiger partial charge is 0.496 e. The Labute approximate surface area is 140 Å². The number of nitriles is 1. The molecule has 1 amide bonds. The van der Waals surface area contributed by atoms with Gasteiger partial charge < -0.3 is 10.1 Å². The third-order valence-corrected chi connectivity index (χ3v) is 3.51. The number of hydrogen-bond acceptors (Lipinski definition) is 3. The number of methoxy groups -OCH3 is 1. The predicted molar refractivity (Wildman–Crippen MR) is 89.5 cm³/mol. The molecule has 1 atom stereocenters. The second kappa shape index (κ2) is 7.93. The van der Waals surface area contributed by atoms with Crippen LogP contribution in [0.2, 0.25) is 0 Å². The van der Waals surface area contributed by atoms with Crippen LogP contribution in [0.15, 0.2) is 54.6 Å². The Morgan fingerprint density at radius 2 is 1.92 bits per heavy atom. The topological polar surface area (TPSA) is 62.1 Å². The summed E-state index contributed by atoms with van der Waals surface area (Å²) in [5, 5.41) is 12.0. The van der Waals surface area contributed by atoms with Gasteiger partial charge in [-0.25, -0.2) is 4.39 Å². The fourth-order valence-corrected chi connectivity index (χ4v) is 2.26. The SMILES string of the molecule is COc1ccccc1C(C#N)NC(=O)C=C(C)c1ccc(F)cc1. The summed E-state index contributed by atoms with van der Waals surface area (Å²) in [4.78, 5) is 12.2. The number of hydrogen-bond donors (Lipinski definition) is 1. The highest BCUT2D eigenvalue weighted by atomic mass is 19.1. The van der Waals surface area contributed by atoms with Crippen LogP contribution in [0, 0.1) is 17.1 Å². The van der Waals surface area contributed by atoms with Crippen molar-refractivity contribution in [3.63, 3.8) is 0 Å². The molecule has 2 rings (SSSR count). The average Bonchev–Trinajstić information content (AvgIpc) is 2.60. The van der Waals surface area contributed by atoms with E-state index in [1.807, 2.05) is 0 Å². The molecule has 1 unspecified atom stereocenters. The smallest absolute Gasteiger partial charge is 0.245 e. The number of nitrogens with one attached hydrogen (secondary N) is 1. The Kier molecular flexibility index (Phi) is 5.69. The molecule has 0 spiro atoms. The first-order chi connectivity index (χ1) is 11.5. The molecule has 0 aliphatic heterocycles. The molecule has 5 heteroatoms. The summed E-state index contributed by atoms with van der Waals surface area (Å²) < 4.78 is 18.2.